The van der Waals surface area contributed by atoms with Crippen molar-refractivity contribution in [2.75, 3.05) is 0 Å². The Kier molecular flexibility index (Phi) is 6.03. The topological polar surface area (TPSA) is 107 Å². The number of nitrogens with one attached hydrogen (secondary N) is 1. The largest absolute Gasteiger partial charge is 0.486 e. The third kappa shape index (κ3) is 5.18. The molecular formula is C19H14ClN3O5. The van der Waals surface area contributed by atoms with Crippen molar-refractivity contribution in [3.8, 4) is 5.75 Å². The maximum absolute atomic E-state index is 11.9. The van der Waals surface area contributed by atoms with Crippen molar-refractivity contribution in [1.82, 2.24) is 5.43 Å². The number of amides is 1. The van der Waals surface area contributed by atoms with E-state index in [0.717, 1.165) is 0 Å². The SMILES string of the molecule is O=C(N/N=C/c1ccc(COc2ccc([N+](=O)[O-])cc2)o1)c1cccc(Cl)c1. The molecule has 0 aliphatic carbocycles. The van der Waals surface area contributed by atoms with E-state index in [-0.39, 0.29) is 12.3 Å². The van der Waals surface area contributed by atoms with E-state index < -0.39 is 10.8 Å². The van der Waals surface area contributed by atoms with Gasteiger partial charge in [-0.2, -0.15) is 5.10 Å². The lowest BCUT2D eigenvalue weighted by atomic mass is 10.2. The molecule has 0 saturated heterocycles. The Morgan fingerprint density at radius 2 is 2.00 bits per heavy atom. The predicted molar refractivity (Wildman–Crippen MR) is 103 cm³/mol. The molecular weight excluding hydrogens is 386 g/mol. The lowest BCUT2D eigenvalue weighted by Gasteiger charge is -2.03. The van der Waals surface area contributed by atoms with Crippen molar-refractivity contribution in [3.05, 3.63) is 92.9 Å². The summed E-state index contributed by atoms with van der Waals surface area (Å²) in [5, 5.41) is 14.9. The second kappa shape index (κ2) is 8.83. The standard InChI is InChI=1S/C19H14ClN3O5/c20-14-3-1-2-13(10-14)19(24)22-21-11-17-8-9-18(28-17)12-27-16-6-4-15(5-7-16)23(25)26/h1-11H,12H2,(H,22,24)/b21-11+. The minimum Gasteiger partial charge on any atom is -0.486 e. The molecule has 28 heavy (non-hydrogen) atoms. The summed E-state index contributed by atoms with van der Waals surface area (Å²) in [6.07, 6.45) is 1.36. The molecule has 8 nitrogen and oxygen atoms in total. The smallest absolute Gasteiger partial charge is 0.271 e. The van der Waals surface area contributed by atoms with Gasteiger partial charge in [0.25, 0.3) is 11.6 Å². The molecule has 142 valence electrons. The molecule has 9 heteroatoms. The Labute approximate surface area is 164 Å². The number of hydrazone groups is 1. The highest BCUT2D eigenvalue weighted by molar-refractivity contribution is 6.30. The van der Waals surface area contributed by atoms with E-state index in [0.29, 0.717) is 27.9 Å². The zero-order valence-corrected chi connectivity index (χ0v) is 15.1. The first-order chi connectivity index (χ1) is 13.5. The van der Waals surface area contributed by atoms with E-state index in [2.05, 4.69) is 10.5 Å². The number of ether oxygens (including phenoxy) is 1. The number of benzene rings is 2. The molecule has 3 rings (SSSR count). The van der Waals surface area contributed by atoms with Crippen molar-refractivity contribution in [2.45, 2.75) is 6.61 Å². The highest BCUT2D eigenvalue weighted by Gasteiger charge is 2.07. The van der Waals surface area contributed by atoms with Gasteiger partial charge in [0.05, 0.1) is 11.1 Å². The monoisotopic (exact) mass is 399 g/mol. The lowest BCUT2D eigenvalue weighted by Crippen LogP contribution is -2.17. The van der Waals surface area contributed by atoms with Gasteiger partial charge in [0, 0.05) is 22.7 Å². The van der Waals surface area contributed by atoms with E-state index in [1.54, 1.807) is 30.3 Å². The van der Waals surface area contributed by atoms with E-state index >= 15 is 0 Å². The van der Waals surface area contributed by atoms with Crippen LogP contribution in [0.4, 0.5) is 5.69 Å². The quantitative estimate of drug-likeness (QED) is 0.364. The van der Waals surface area contributed by atoms with Crippen molar-refractivity contribution in [3.63, 3.8) is 0 Å². The molecule has 0 saturated carbocycles. The Morgan fingerprint density at radius 3 is 2.71 bits per heavy atom. The predicted octanol–water partition coefficient (Wildman–Crippen LogP) is 4.18. The number of hydrogen-bond donors (Lipinski definition) is 1. The zero-order valence-electron chi connectivity index (χ0n) is 14.4. The van der Waals surface area contributed by atoms with Crippen molar-refractivity contribution >= 4 is 29.4 Å². The first-order valence-corrected chi connectivity index (χ1v) is 8.44. The number of halogens is 1. The molecule has 3 aromatic rings. The van der Waals surface area contributed by atoms with E-state index in [4.69, 9.17) is 20.8 Å². The minimum absolute atomic E-state index is 0.0105. The minimum atomic E-state index is -0.479. The van der Waals surface area contributed by atoms with Crippen LogP contribution in [0.1, 0.15) is 21.9 Å². The lowest BCUT2D eigenvalue weighted by molar-refractivity contribution is -0.384. The molecule has 2 aromatic carbocycles. The van der Waals surface area contributed by atoms with Gasteiger partial charge in [0.15, 0.2) is 0 Å². The molecule has 0 bridgehead atoms. The molecule has 0 aliphatic rings. The second-order valence-corrected chi connectivity index (χ2v) is 5.99. The Bertz CT molecular complexity index is 1010. The van der Waals surface area contributed by atoms with Crippen molar-refractivity contribution in [2.24, 2.45) is 5.10 Å². The fraction of sp³-hybridized carbons (Fsp3) is 0.0526. The molecule has 1 aromatic heterocycles. The Balaban J connectivity index is 1.51. The van der Waals surface area contributed by atoms with Gasteiger partial charge in [0.1, 0.15) is 23.9 Å². The second-order valence-electron chi connectivity index (χ2n) is 5.55. The number of non-ortho nitro benzene ring substituents is 1. The maximum atomic E-state index is 11.9. The number of carbonyl (C=O) groups is 1. The molecule has 0 aliphatic heterocycles. The third-order valence-corrected chi connectivity index (χ3v) is 3.79. The fourth-order valence-corrected chi connectivity index (χ4v) is 2.40. The van der Waals surface area contributed by atoms with Crippen LogP contribution >= 0.6 is 11.6 Å². The van der Waals surface area contributed by atoms with Gasteiger partial charge >= 0.3 is 0 Å². The number of nitro groups is 1. The fourth-order valence-electron chi connectivity index (χ4n) is 2.21. The van der Waals surface area contributed by atoms with Crippen LogP contribution in [-0.4, -0.2) is 17.0 Å². The van der Waals surface area contributed by atoms with Gasteiger partial charge < -0.3 is 9.15 Å². The molecule has 0 unspecified atom stereocenters. The van der Waals surface area contributed by atoms with Gasteiger partial charge in [0.2, 0.25) is 0 Å². The molecule has 0 atom stereocenters. The number of nitrogens with zero attached hydrogens (tertiary/aromatic N) is 2. The summed E-state index contributed by atoms with van der Waals surface area (Å²) < 4.78 is 11.0. The molecule has 0 spiro atoms. The summed E-state index contributed by atoms with van der Waals surface area (Å²) in [4.78, 5) is 22.1. The Morgan fingerprint density at radius 1 is 1.21 bits per heavy atom. The molecule has 1 heterocycles. The number of rotatable bonds is 7. The average molecular weight is 400 g/mol. The summed E-state index contributed by atoms with van der Waals surface area (Å²) >= 11 is 5.84. The van der Waals surface area contributed by atoms with Crippen molar-refractivity contribution < 1.29 is 18.9 Å². The normalized spacial score (nSPS) is 10.8. The third-order valence-electron chi connectivity index (χ3n) is 3.56. The zero-order chi connectivity index (χ0) is 19.9. The Hall–Kier alpha value is -3.65. The van der Waals surface area contributed by atoms with Gasteiger partial charge in [-0.3, -0.25) is 14.9 Å². The van der Waals surface area contributed by atoms with E-state index in [1.807, 2.05) is 0 Å². The summed E-state index contributed by atoms with van der Waals surface area (Å²) in [7, 11) is 0. The van der Waals surface area contributed by atoms with Crippen LogP contribution in [0.5, 0.6) is 5.75 Å². The number of hydrogen-bond acceptors (Lipinski definition) is 6. The summed E-state index contributed by atoms with van der Waals surface area (Å²) in [5.74, 6) is 1.03. The highest BCUT2D eigenvalue weighted by atomic mass is 35.5. The van der Waals surface area contributed by atoms with Gasteiger partial charge in [-0.15, -0.1) is 0 Å². The summed E-state index contributed by atoms with van der Waals surface area (Å²) in [6, 6.07) is 15.6. The van der Waals surface area contributed by atoms with Crippen LogP contribution in [0.15, 0.2) is 70.2 Å². The number of carbonyl (C=O) groups excluding carboxylic acids is 1. The number of furan rings is 1. The van der Waals surface area contributed by atoms with Gasteiger partial charge in [-0.1, -0.05) is 17.7 Å². The molecule has 1 amide bonds. The van der Waals surface area contributed by atoms with E-state index in [9.17, 15) is 14.9 Å². The number of nitro benzene ring substituents is 1. The molecule has 1 N–H and O–H groups in total. The first kappa shape index (κ1) is 19.1. The first-order valence-electron chi connectivity index (χ1n) is 8.06. The highest BCUT2D eigenvalue weighted by Crippen LogP contribution is 2.19. The van der Waals surface area contributed by atoms with Crippen LogP contribution in [-0.2, 0) is 6.61 Å². The van der Waals surface area contributed by atoms with Crippen LogP contribution in [0.25, 0.3) is 0 Å². The van der Waals surface area contributed by atoms with E-state index in [1.165, 1.54) is 36.5 Å². The van der Waals surface area contributed by atoms with Crippen LogP contribution in [0.2, 0.25) is 5.02 Å². The molecule has 0 fully saturated rings. The summed E-state index contributed by atoms with van der Waals surface area (Å²) in [5.41, 5.74) is 2.76. The summed E-state index contributed by atoms with van der Waals surface area (Å²) in [6.45, 7) is 0.139. The van der Waals surface area contributed by atoms with Gasteiger partial charge in [-0.25, -0.2) is 5.43 Å². The van der Waals surface area contributed by atoms with Crippen molar-refractivity contribution in [1.29, 1.82) is 0 Å². The van der Waals surface area contributed by atoms with Crippen LogP contribution in [0, 0.1) is 10.1 Å². The van der Waals surface area contributed by atoms with Crippen LogP contribution < -0.4 is 10.2 Å². The van der Waals surface area contributed by atoms with Crippen LogP contribution in [0.3, 0.4) is 0 Å². The average Bonchev–Trinajstić information content (AvgIpc) is 3.14. The van der Waals surface area contributed by atoms with Gasteiger partial charge in [-0.05, 0) is 42.5 Å². The molecule has 0 radical (unpaired) electrons. The maximum Gasteiger partial charge on any atom is 0.271 e.